The lowest BCUT2D eigenvalue weighted by Gasteiger charge is -2.19. The van der Waals surface area contributed by atoms with Crippen molar-refractivity contribution in [1.82, 2.24) is 0 Å². The van der Waals surface area contributed by atoms with E-state index in [0.29, 0.717) is 0 Å². The largest absolute Gasteiger partial charge is 0.0622 e. The zero-order valence-electron chi connectivity index (χ0n) is 24.2. The summed E-state index contributed by atoms with van der Waals surface area (Å²) in [6.45, 7) is 0. The SMILES string of the molecule is c1ccc(-c2cc3ccccc3c3cc(-c4c5ccccc5c(-c5ccc6ccccc6c5)c5ccccc45)ccc23)cc1. The lowest BCUT2D eigenvalue weighted by Crippen LogP contribution is -1.92. The molecule has 9 aromatic carbocycles. The lowest BCUT2D eigenvalue weighted by molar-refractivity contribution is 1.66. The second kappa shape index (κ2) is 9.93. The highest BCUT2D eigenvalue weighted by molar-refractivity contribution is 6.23. The predicted octanol–water partition coefficient (Wildman–Crippen LogP) is 12.5. The van der Waals surface area contributed by atoms with Crippen LogP contribution in [0.5, 0.6) is 0 Å². The van der Waals surface area contributed by atoms with E-state index in [1.54, 1.807) is 0 Å². The van der Waals surface area contributed by atoms with Crippen molar-refractivity contribution in [2.75, 3.05) is 0 Å². The highest BCUT2D eigenvalue weighted by Crippen LogP contribution is 2.45. The minimum Gasteiger partial charge on any atom is -0.0622 e. The molecule has 0 spiro atoms. The van der Waals surface area contributed by atoms with Gasteiger partial charge in [-0.2, -0.15) is 0 Å². The van der Waals surface area contributed by atoms with Crippen LogP contribution in [0, 0.1) is 0 Å². The van der Waals surface area contributed by atoms with Crippen molar-refractivity contribution >= 4 is 53.9 Å². The third-order valence-corrected chi connectivity index (χ3v) is 9.20. The molecule has 0 aliphatic carbocycles. The standard InChI is InChI=1S/C44H28/c1-2-13-30(14-3-1)41-27-32-16-6-7-17-35(32)42-28-34(24-25-36(41)42)44-39-20-10-8-18-37(39)43(38-19-9-11-21-40(38)44)33-23-22-29-12-4-5-15-31(29)26-33/h1-28H. The number of fused-ring (bicyclic) bond motifs is 6. The van der Waals surface area contributed by atoms with Gasteiger partial charge in [-0.1, -0.05) is 152 Å². The molecule has 0 atom stereocenters. The summed E-state index contributed by atoms with van der Waals surface area (Å²) in [6, 6.07) is 62.3. The van der Waals surface area contributed by atoms with Gasteiger partial charge in [0.05, 0.1) is 0 Å². The Morgan fingerprint density at radius 3 is 1.39 bits per heavy atom. The number of rotatable bonds is 3. The fourth-order valence-corrected chi connectivity index (χ4v) is 7.21. The van der Waals surface area contributed by atoms with Crippen molar-refractivity contribution in [2.45, 2.75) is 0 Å². The molecular formula is C44H28. The van der Waals surface area contributed by atoms with Crippen LogP contribution in [0.15, 0.2) is 170 Å². The smallest absolute Gasteiger partial charge is 0.00261 e. The molecule has 0 heteroatoms. The Bertz CT molecular complexity index is 2480. The van der Waals surface area contributed by atoms with Crippen LogP contribution in [0.25, 0.3) is 87.2 Å². The van der Waals surface area contributed by atoms with Crippen molar-refractivity contribution in [2.24, 2.45) is 0 Å². The molecule has 9 rings (SSSR count). The monoisotopic (exact) mass is 556 g/mol. The first-order valence-electron chi connectivity index (χ1n) is 15.3. The van der Waals surface area contributed by atoms with E-state index in [2.05, 4.69) is 170 Å². The summed E-state index contributed by atoms with van der Waals surface area (Å²) < 4.78 is 0. The van der Waals surface area contributed by atoms with Gasteiger partial charge < -0.3 is 0 Å². The summed E-state index contributed by atoms with van der Waals surface area (Å²) in [6.07, 6.45) is 0. The molecule has 0 aliphatic rings. The molecule has 0 bridgehead atoms. The molecule has 0 amide bonds. The van der Waals surface area contributed by atoms with Gasteiger partial charge in [0.1, 0.15) is 0 Å². The van der Waals surface area contributed by atoms with Crippen molar-refractivity contribution in [3.63, 3.8) is 0 Å². The molecule has 0 N–H and O–H groups in total. The maximum atomic E-state index is 2.42. The first kappa shape index (κ1) is 24.8. The quantitative estimate of drug-likeness (QED) is 0.150. The molecule has 0 heterocycles. The van der Waals surface area contributed by atoms with Crippen molar-refractivity contribution in [3.05, 3.63) is 170 Å². The Balaban J connectivity index is 1.37. The van der Waals surface area contributed by atoms with E-state index in [9.17, 15) is 0 Å². The highest BCUT2D eigenvalue weighted by atomic mass is 14.2. The lowest BCUT2D eigenvalue weighted by atomic mass is 9.84. The molecule has 0 unspecified atom stereocenters. The third kappa shape index (κ3) is 3.85. The summed E-state index contributed by atoms with van der Waals surface area (Å²) >= 11 is 0. The highest BCUT2D eigenvalue weighted by Gasteiger charge is 2.18. The van der Waals surface area contributed by atoms with E-state index in [0.717, 1.165) is 0 Å². The normalized spacial score (nSPS) is 11.6. The van der Waals surface area contributed by atoms with Crippen LogP contribution in [0.1, 0.15) is 0 Å². The second-order valence-electron chi connectivity index (χ2n) is 11.7. The number of hydrogen-bond donors (Lipinski definition) is 0. The average molecular weight is 557 g/mol. The fraction of sp³-hybridized carbons (Fsp3) is 0. The van der Waals surface area contributed by atoms with Crippen LogP contribution >= 0.6 is 0 Å². The Morgan fingerprint density at radius 1 is 0.227 bits per heavy atom. The second-order valence-corrected chi connectivity index (χ2v) is 11.7. The fourth-order valence-electron chi connectivity index (χ4n) is 7.21. The van der Waals surface area contributed by atoms with E-state index >= 15 is 0 Å². The first-order chi connectivity index (χ1) is 21.8. The minimum absolute atomic E-state index is 1.24. The summed E-state index contributed by atoms with van der Waals surface area (Å²) in [4.78, 5) is 0. The summed E-state index contributed by atoms with van der Waals surface area (Å²) in [5.74, 6) is 0. The molecule has 0 fully saturated rings. The molecule has 9 aromatic rings. The van der Waals surface area contributed by atoms with Gasteiger partial charge in [-0.25, -0.2) is 0 Å². The van der Waals surface area contributed by atoms with E-state index in [1.807, 2.05) is 0 Å². The van der Waals surface area contributed by atoms with Crippen LogP contribution in [0.2, 0.25) is 0 Å². The maximum absolute atomic E-state index is 2.42. The van der Waals surface area contributed by atoms with Crippen molar-refractivity contribution in [3.8, 4) is 33.4 Å². The molecule has 0 nitrogen and oxygen atoms in total. The van der Waals surface area contributed by atoms with Gasteiger partial charge >= 0.3 is 0 Å². The Labute approximate surface area is 256 Å². The molecule has 44 heavy (non-hydrogen) atoms. The third-order valence-electron chi connectivity index (χ3n) is 9.20. The van der Waals surface area contributed by atoms with Gasteiger partial charge in [0, 0.05) is 0 Å². The van der Waals surface area contributed by atoms with Crippen LogP contribution in [0.3, 0.4) is 0 Å². The molecule has 204 valence electrons. The zero-order valence-corrected chi connectivity index (χ0v) is 24.2. The molecule has 0 saturated heterocycles. The van der Waals surface area contributed by atoms with E-state index in [4.69, 9.17) is 0 Å². The molecular weight excluding hydrogens is 528 g/mol. The summed E-state index contributed by atoms with van der Waals surface area (Å²) in [5.41, 5.74) is 7.59. The Kier molecular flexibility index (Phi) is 5.61. The average Bonchev–Trinajstić information content (AvgIpc) is 3.10. The number of benzene rings is 9. The van der Waals surface area contributed by atoms with Crippen LogP contribution < -0.4 is 0 Å². The Hall–Kier alpha value is -5.72. The van der Waals surface area contributed by atoms with Crippen molar-refractivity contribution in [1.29, 1.82) is 0 Å². The van der Waals surface area contributed by atoms with Crippen LogP contribution in [-0.2, 0) is 0 Å². The van der Waals surface area contributed by atoms with Gasteiger partial charge in [0.25, 0.3) is 0 Å². The van der Waals surface area contributed by atoms with E-state index in [1.165, 1.54) is 87.2 Å². The molecule has 0 aromatic heterocycles. The van der Waals surface area contributed by atoms with Gasteiger partial charge in [0.2, 0.25) is 0 Å². The summed E-state index contributed by atoms with van der Waals surface area (Å²) in [7, 11) is 0. The van der Waals surface area contributed by atoms with E-state index < -0.39 is 0 Å². The van der Waals surface area contributed by atoms with Crippen LogP contribution in [-0.4, -0.2) is 0 Å². The van der Waals surface area contributed by atoms with Crippen LogP contribution in [0.4, 0.5) is 0 Å². The molecule has 0 radical (unpaired) electrons. The maximum Gasteiger partial charge on any atom is -0.00261 e. The Morgan fingerprint density at radius 2 is 0.727 bits per heavy atom. The zero-order chi connectivity index (χ0) is 29.0. The predicted molar refractivity (Wildman–Crippen MR) is 190 cm³/mol. The first-order valence-corrected chi connectivity index (χ1v) is 15.3. The topological polar surface area (TPSA) is 0 Å². The van der Waals surface area contributed by atoms with Crippen molar-refractivity contribution < 1.29 is 0 Å². The molecule has 0 aliphatic heterocycles. The van der Waals surface area contributed by atoms with E-state index in [-0.39, 0.29) is 0 Å². The van der Waals surface area contributed by atoms with Gasteiger partial charge in [-0.15, -0.1) is 0 Å². The van der Waals surface area contributed by atoms with Gasteiger partial charge in [-0.05, 0) is 105 Å². The minimum atomic E-state index is 1.24. The van der Waals surface area contributed by atoms with Gasteiger partial charge in [-0.3, -0.25) is 0 Å². The van der Waals surface area contributed by atoms with Gasteiger partial charge in [0.15, 0.2) is 0 Å². The molecule has 0 saturated carbocycles. The summed E-state index contributed by atoms with van der Waals surface area (Å²) in [5, 5.41) is 12.7. The number of hydrogen-bond acceptors (Lipinski definition) is 0.